The summed E-state index contributed by atoms with van der Waals surface area (Å²) in [5, 5.41) is 8.43. The van der Waals surface area contributed by atoms with Crippen LogP contribution in [0.15, 0.2) is 0 Å². The molecular weight excluding hydrogens is 100 g/mol. The topological polar surface area (TPSA) is 26.8 Å². The van der Waals surface area contributed by atoms with Crippen molar-refractivity contribution in [1.82, 2.24) is 4.90 Å². The van der Waals surface area contributed by atoms with E-state index in [1.165, 1.54) is 6.54 Å². The van der Waals surface area contributed by atoms with Crippen LogP contribution in [0.3, 0.4) is 0 Å². The number of piperidine rings is 1. The molecule has 0 radical (unpaired) electrons. The molecule has 2 fully saturated rings. The number of hydrogen-bond acceptors (Lipinski definition) is 2. The first-order valence-electron chi connectivity index (χ1n) is 3.04. The second-order valence-corrected chi connectivity index (χ2v) is 2.67. The predicted octanol–water partition coefficient (Wildman–Crippen LogP) is 0.214. The van der Waals surface area contributed by atoms with E-state index in [4.69, 9.17) is 5.26 Å². The van der Waals surface area contributed by atoms with Crippen molar-refractivity contribution < 1.29 is 0 Å². The van der Waals surface area contributed by atoms with Gasteiger partial charge in [-0.25, -0.2) is 0 Å². The zero-order valence-electron chi connectivity index (χ0n) is 4.67. The molecule has 8 heavy (non-hydrogen) atoms. The molecule has 3 unspecified atom stereocenters. The summed E-state index contributed by atoms with van der Waals surface area (Å²) in [4.78, 5) is 2.36. The lowest BCUT2D eigenvalue weighted by molar-refractivity contribution is 0.552. The van der Waals surface area contributed by atoms with E-state index in [1.807, 2.05) is 0 Å². The van der Waals surface area contributed by atoms with Crippen molar-refractivity contribution in [2.45, 2.75) is 12.5 Å². The van der Waals surface area contributed by atoms with Gasteiger partial charge in [-0.15, -0.1) is 0 Å². The zero-order chi connectivity index (χ0) is 5.56. The highest BCUT2D eigenvalue weighted by molar-refractivity contribution is 5.04. The number of nitriles is 1. The second kappa shape index (κ2) is 1.24. The highest BCUT2D eigenvalue weighted by Crippen LogP contribution is 2.33. The third-order valence-electron chi connectivity index (χ3n) is 2.02. The van der Waals surface area contributed by atoms with Gasteiger partial charge in [-0.05, 0) is 6.42 Å². The van der Waals surface area contributed by atoms with Gasteiger partial charge in [0.05, 0.1) is 12.0 Å². The van der Waals surface area contributed by atoms with Crippen LogP contribution < -0.4 is 0 Å². The molecule has 0 N–H and O–H groups in total. The van der Waals surface area contributed by atoms with Gasteiger partial charge in [-0.1, -0.05) is 0 Å². The summed E-state index contributed by atoms with van der Waals surface area (Å²) < 4.78 is 0. The molecule has 42 valence electrons. The Kier molecular flexibility index (Phi) is 0.671. The van der Waals surface area contributed by atoms with Crippen molar-refractivity contribution in [3.05, 3.63) is 0 Å². The molecular formula is C6H8N2. The summed E-state index contributed by atoms with van der Waals surface area (Å²) >= 11 is 0. The first kappa shape index (κ1) is 4.34. The Hall–Kier alpha value is -0.550. The molecule has 0 aromatic rings. The summed E-state index contributed by atoms with van der Waals surface area (Å²) in [7, 11) is 0. The van der Waals surface area contributed by atoms with Crippen molar-refractivity contribution >= 4 is 0 Å². The van der Waals surface area contributed by atoms with Gasteiger partial charge in [0.2, 0.25) is 0 Å². The minimum atomic E-state index is 0.355. The standard InChI is InChI=1S/C6H8N2/c7-2-5-1-6-4-8(6)3-5/h5-6H,1,3-4H2. The monoisotopic (exact) mass is 108 g/mol. The van der Waals surface area contributed by atoms with E-state index >= 15 is 0 Å². The fraction of sp³-hybridized carbons (Fsp3) is 0.833. The van der Waals surface area contributed by atoms with E-state index in [-0.39, 0.29) is 0 Å². The minimum absolute atomic E-state index is 0.355. The lowest BCUT2D eigenvalue weighted by Gasteiger charge is -1.95. The molecule has 0 aliphatic carbocycles. The molecule has 2 rings (SSSR count). The average Bonchev–Trinajstić information content (AvgIpc) is 2.40. The summed E-state index contributed by atoms with van der Waals surface area (Å²) in [6.07, 6.45) is 1.14. The second-order valence-electron chi connectivity index (χ2n) is 2.67. The highest BCUT2D eigenvalue weighted by atomic mass is 15.3. The van der Waals surface area contributed by atoms with Gasteiger partial charge >= 0.3 is 0 Å². The maximum absolute atomic E-state index is 8.43. The van der Waals surface area contributed by atoms with Gasteiger partial charge in [0.15, 0.2) is 0 Å². The van der Waals surface area contributed by atoms with Crippen molar-refractivity contribution in [3.63, 3.8) is 0 Å². The molecule has 2 heteroatoms. The molecule has 0 spiro atoms. The van der Waals surface area contributed by atoms with Crippen LogP contribution in [-0.4, -0.2) is 24.0 Å². The van der Waals surface area contributed by atoms with Gasteiger partial charge in [0.25, 0.3) is 0 Å². The zero-order valence-corrected chi connectivity index (χ0v) is 4.67. The van der Waals surface area contributed by atoms with Crippen LogP contribution in [0.1, 0.15) is 6.42 Å². The number of fused-ring (bicyclic) bond motifs is 1. The van der Waals surface area contributed by atoms with E-state index < -0.39 is 0 Å². The normalized spacial score (nSPS) is 50.1. The van der Waals surface area contributed by atoms with Gasteiger partial charge in [-0.3, -0.25) is 4.90 Å². The van der Waals surface area contributed by atoms with Crippen molar-refractivity contribution in [1.29, 1.82) is 5.26 Å². The largest absolute Gasteiger partial charge is 0.296 e. The van der Waals surface area contributed by atoms with Gasteiger partial charge < -0.3 is 0 Å². The third-order valence-corrected chi connectivity index (χ3v) is 2.02. The smallest absolute Gasteiger partial charge is 0.0669 e. The van der Waals surface area contributed by atoms with E-state index in [9.17, 15) is 0 Å². The Labute approximate surface area is 48.7 Å². The Morgan fingerprint density at radius 2 is 2.38 bits per heavy atom. The first-order chi connectivity index (χ1) is 3.90. The fourth-order valence-electron chi connectivity index (χ4n) is 1.45. The van der Waals surface area contributed by atoms with Crippen LogP contribution in [0, 0.1) is 17.2 Å². The quantitative estimate of drug-likeness (QED) is 0.415. The molecule has 2 aliphatic heterocycles. The highest BCUT2D eigenvalue weighted by Gasteiger charge is 2.43. The van der Waals surface area contributed by atoms with Crippen molar-refractivity contribution in [3.8, 4) is 6.07 Å². The number of nitrogens with zero attached hydrogens (tertiary/aromatic N) is 2. The predicted molar refractivity (Wildman–Crippen MR) is 29.1 cm³/mol. The third kappa shape index (κ3) is 0.452. The maximum Gasteiger partial charge on any atom is 0.0669 e. The van der Waals surface area contributed by atoms with Crippen LogP contribution in [0.25, 0.3) is 0 Å². The van der Waals surface area contributed by atoms with Crippen LogP contribution in [-0.2, 0) is 0 Å². The molecule has 2 aliphatic rings. The average molecular weight is 108 g/mol. The SMILES string of the molecule is N#CC1CC2CN2C1. The lowest BCUT2D eigenvalue weighted by Crippen LogP contribution is -2.03. The van der Waals surface area contributed by atoms with Gasteiger partial charge in [0, 0.05) is 19.1 Å². The molecule has 3 atom stereocenters. The summed E-state index contributed by atoms with van der Waals surface area (Å²) in [6, 6.07) is 3.09. The van der Waals surface area contributed by atoms with Crippen molar-refractivity contribution in [2.75, 3.05) is 13.1 Å². The lowest BCUT2D eigenvalue weighted by atomic mass is 10.1. The molecule has 0 saturated carbocycles. The maximum atomic E-state index is 8.43. The first-order valence-corrected chi connectivity index (χ1v) is 3.04. The Morgan fingerprint density at radius 1 is 1.50 bits per heavy atom. The summed E-state index contributed by atoms with van der Waals surface area (Å²) in [5.41, 5.74) is 0. The summed E-state index contributed by atoms with van der Waals surface area (Å²) in [5.74, 6) is 0.355. The Morgan fingerprint density at radius 3 is 2.75 bits per heavy atom. The molecule has 2 heterocycles. The molecule has 2 nitrogen and oxygen atoms in total. The molecule has 0 aromatic carbocycles. The minimum Gasteiger partial charge on any atom is -0.296 e. The number of rotatable bonds is 0. The van der Waals surface area contributed by atoms with E-state index in [2.05, 4.69) is 11.0 Å². The molecule has 2 saturated heterocycles. The van der Waals surface area contributed by atoms with Crippen molar-refractivity contribution in [2.24, 2.45) is 5.92 Å². The summed E-state index contributed by atoms with van der Waals surface area (Å²) in [6.45, 7) is 2.30. The molecule has 0 amide bonds. The van der Waals surface area contributed by atoms with Gasteiger partial charge in [-0.2, -0.15) is 5.26 Å². The van der Waals surface area contributed by atoms with Crippen LogP contribution in [0.4, 0.5) is 0 Å². The van der Waals surface area contributed by atoms with Crippen LogP contribution >= 0.6 is 0 Å². The molecule has 0 bridgehead atoms. The van der Waals surface area contributed by atoms with Crippen LogP contribution in [0.5, 0.6) is 0 Å². The Bertz CT molecular complexity index is 137. The van der Waals surface area contributed by atoms with E-state index in [0.29, 0.717) is 5.92 Å². The molecule has 0 aromatic heterocycles. The van der Waals surface area contributed by atoms with Gasteiger partial charge in [0.1, 0.15) is 0 Å². The fourth-order valence-corrected chi connectivity index (χ4v) is 1.45. The number of hydrogen-bond donors (Lipinski definition) is 0. The van der Waals surface area contributed by atoms with E-state index in [1.54, 1.807) is 0 Å². The van der Waals surface area contributed by atoms with E-state index in [0.717, 1.165) is 19.0 Å². The van der Waals surface area contributed by atoms with Crippen LogP contribution in [0.2, 0.25) is 0 Å². The Balaban J connectivity index is 2.01.